The SMILES string of the molecule is COc1cccc(OCCCCCC[NH2+]Cc2ccco2)c1. The molecule has 2 rings (SSSR count). The molecular formula is C18H26NO3+. The Morgan fingerprint density at radius 1 is 1.00 bits per heavy atom. The molecule has 2 N–H and O–H groups in total. The third-order valence-electron chi connectivity index (χ3n) is 3.54. The van der Waals surface area contributed by atoms with E-state index in [1.165, 1.54) is 19.3 Å². The summed E-state index contributed by atoms with van der Waals surface area (Å²) in [6.07, 6.45) is 6.51. The maximum absolute atomic E-state index is 5.72. The van der Waals surface area contributed by atoms with Crippen LogP contribution in [-0.2, 0) is 6.54 Å². The van der Waals surface area contributed by atoms with Crippen LogP contribution in [0.5, 0.6) is 11.5 Å². The first kappa shape index (κ1) is 16.4. The Bertz CT molecular complexity index is 511. The summed E-state index contributed by atoms with van der Waals surface area (Å²) in [5, 5.41) is 2.30. The molecule has 0 unspecified atom stereocenters. The molecule has 0 atom stereocenters. The molecule has 0 spiro atoms. The lowest BCUT2D eigenvalue weighted by Gasteiger charge is -2.07. The number of quaternary nitrogens is 1. The average Bonchev–Trinajstić information content (AvgIpc) is 3.07. The summed E-state index contributed by atoms with van der Waals surface area (Å²) in [7, 11) is 1.67. The van der Waals surface area contributed by atoms with E-state index < -0.39 is 0 Å². The number of rotatable bonds is 11. The zero-order chi connectivity index (χ0) is 15.5. The summed E-state index contributed by atoms with van der Waals surface area (Å²) >= 11 is 0. The van der Waals surface area contributed by atoms with Crippen LogP contribution in [0.4, 0.5) is 0 Å². The van der Waals surface area contributed by atoms with Crippen LogP contribution in [0.15, 0.2) is 47.1 Å². The second-order valence-electron chi connectivity index (χ2n) is 5.30. The van der Waals surface area contributed by atoms with Crippen LogP contribution in [0.3, 0.4) is 0 Å². The monoisotopic (exact) mass is 304 g/mol. The van der Waals surface area contributed by atoms with Crippen LogP contribution in [0.1, 0.15) is 31.4 Å². The molecule has 0 amide bonds. The van der Waals surface area contributed by atoms with Crippen molar-refractivity contribution in [2.75, 3.05) is 20.3 Å². The van der Waals surface area contributed by atoms with Crippen LogP contribution in [0.25, 0.3) is 0 Å². The van der Waals surface area contributed by atoms with Crippen LogP contribution in [-0.4, -0.2) is 20.3 Å². The lowest BCUT2D eigenvalue weighted by molar-refractivity contribution is -0.672. The van der Waals surface area contributed by atoms with Crippen LogP contribution in [0.2, 0.25) is 0 Å². The second kappa shape index (κ2) is 9.90. The summed E-state index contributed by atoms with van der Waals surface area (Å²) in [4.78, 5) is 0. The number of hydrogen-bond donors (Lipinski definition) is 1. The topological polar surface area (TPSA) is 48.2 Å². The Hall–Kier alpha value is -1.94. The molecule has 0 bridgehead atoms. The van der Waals surface area contributed by atoms with Gasteiger partial charge in [-0.1, -0.05) is 6.07 Å². The van der Waals surface area contributed by atoms with Gasteiger partial charge in [-0.05, 0) is 49.9 Å². The highest BCUT2D eigenvalue weighted by atomic mass is 16.5. The third kappa shape index (κ3) is 6.22. The Labute approximate surface area is 132 Å². The van der Waals surface area contributed by atoms with Crippen molar-refractivity contribution in [1.82, 2.24) is 0 Å². The van der Waals surface area contributed by atoms with E-state index in [9.17, 15) is 0 Å². The number of methoxy groups -OCH3 is 1. The van der Waals surface area contributed by atoms with Crippen molar-refractivity contribution in [1.29, 1.82) is 0 Å². The molecule has 4 nitrogen and oxygen atoms in total. The molecule has 4 heteroatoms. The highest BCUT2D eigenvalue weighted by Gasteiger charge is 1.99. The fourth-order valence-corrected chi connectivity index (χ4v) is 2.30. The van der Waals surface area contributed by atoms with Gasteiger partial charge < -0.3 is 19.2 Å². The zero-order valence-electron chi connectivity index (χ0n) is 13.3. The first-order valence-corrected chi connectivity index (χ1v) is 7.99. The number of hydrogen-bond acceptors (Lipinski definition) is 3. The van der Waals surface area contributed by atoms with Crippen molar-refractivity contribution in [3.05, 3.63) is 48.4 Å². The molecule has 0 saturated carbocycles. The van der Waals surface area contributed by atoms with Gasteiger partial charge in [0.05, 0.1) is 26.5 Å². The summed E-state index contributed by atoms with van der Waals surface area (Å²) in [6.45, 7) is 2.85. The van der Waals surface area contributed by atoms with E-state index in [1.807, 2.05) is 36.4 Å². The summed E-state index contributed by atoms with van der Waals surface area (Å²) < 4.78 is 16.2. The number of ether oxygens (including phenoxy) is 2. The molecule has 22 heavy (non-hydrogen) atoms. The molecular weight excluding hydrogens is 278 g/mol. The minimum atomic E-state index is 0.767. The number of benzene rings is 1. The summed E-state index contributed by atoms with van der Waals surface area (Å²) in [5.74, 6) is 2.77. The average molecular weight is 304 g/mol. The minimum absolute atomic E-state index is 0.767. The van der Waals surface area contributed by atoms with Crippen molar-refractivity contribution in [2.24, 2.45) is 0 Å². The Morgan fingerprint density at radius 3 is 2.68 bits per heavy atom. The molecule has 0 aliphatic rings. The van der Waals surface area contributed by atoms with Crippen molar-refractivity contribution < 1.29 is 19.2 Å². The minimum Gasteiger partial charge on any atom is -0.497 e. The van der Waals surface area contributed by atoms with Gasteiger partial charge in [0.1, 0.15) is 18.0 Å². The standard InChI is InChI=1S/C18H25NO3/c1-20-16-8-6-9-17(14-16)21-12-5-3-2-4-11-19-15-18-10-7-13-22-18/h6-10,13-14,19H,2-5,11-12,15H2,1H3/p+1. The van der Waals surface area contributed by atoms with Gasteiger partial charge in [0.15, 0.2) is 5.76 Å². The molecule has 0 saturated heterocycles. The lowest BCUT2D eigenvalue weighted by Crippen LogP contribution is -2.82. The Kier molecular flexibility index (Phi) is 7.39. The highest BCUT2D eigenvalue weighted by molar-refractivity contribution is 5.32. The summed E-state index contributed by atoms with van der Waals surface area (Å²) in [5.41, 5.74) is 0. The van der Waals surface area contributed by atoms with E-state index in [1.54, 1.807) is 13.4 Å². The van der Waals surface area contributed by atoms with Gasteiger partial charge >= 0.3 is 0 Å². The fraction of sp³-hybridized carbons (Fsp3) is 0.444. The molecule has 1 aromatic heterocycles. The van der Waals surface area contributed by atoms with E-state index in [-0.39, 0.29) is 0 Å². The van der Waals surface area contributed by atoms with Crippen LogP contribution >= 0.6 is 0 Å². The smallest absolute Gasteiger partial charge is 0.157 e. The van der Waals surface area contributed by atoms with E-state index in [2.05, 4.69) is 5.32 Å². The van der Waals surface area contributed by atoms with Gasteiger partial charge in [-0.25, -0.2) is 0 Å². The van der Waals surface area contributed by atoms with Crippen LogP contribution in [0, 0.1) is 0 Å². The number of nitrogens with two attached hydrogens (primary N) is 1. The van der Waals surface area contributed by atoms with Crippen molar-refractivity contribution in [3.8, 4) is 11.5 Å². The largest absolute Gasteiger partial charge is 0.497 e. The highest BCUT2D eigenvalue weighted by Crippen LogP contribution is 2.19. The normalized spacial score (nSPS) is 10.6. The van der Waals surface area contributed by atoms with E-state index in [0.717, 1.165) is 43.4 Å². The van der Waals surface area contributed by atoms with Crippen molar-refractivity contribution in [2.45, 2.75) is 32.2 Å². The number of unbranched alkanes of at least 4 members (excludes halogenated alkanes) is 3. The lowest BCUT2D eigenvalue weighted by atomic mass is 10.2. The molecule has 2 aromatic rings. The van der Waals surface area contributed by atoms with Crippen molar-refractivity contribution in [3.63, 3.8) is 0 Å². The predicted octanol–water partition coefficient (Wildman–Crippen LogP) is 2.99. The quantitative estimate of drug-likeness (QED) is 0.649. The molecule has 0 aliphatic carbocycles. The summed E-state index contributed by atoms with van der Waals surface area (Å²) in [6, 6.07) is 11.7. The van der Waals surface area contributed by atoms with Crippen molar-refractivity contribution >= 4 is 0 Å². The van der Waals surface area contributed by atoms with Gasteiger partial charge in [-0.2, -0.15) is 0 Å². The molecule has 1 heterocycles. The first-order chi connectivity index (χ1) is 10.9. The van der Waals surface area contributed by atoms with E-state index in [0.29, 0.717) is 0 Å². The maximum atomic E-state index is 5.72. The molecule has 0 fully saturated rings. The molecule has 0 aliphatic heterocycles. The fourth-order valence-electron chi connectivity index (χ4n) is 2.30. The number of furan rings is 1. The van der Waals surface area contributed by atoms with E-state index in [4.69, 9.17) is 13.9 Å². The molecule has 1 aromatic carbocycles. The Morgan fingerprint density at radius 2 is 1.86 bits per heavy atom. The van der Waals surface area contributed by atoms with Gasteiger partial charge in [-0.15, -0.1) is 0 Å². The second-order valence-corrected chi connectivity index (χ2v) is 5.30. The molecule has 120 valence electrons. The first-order valence-electron chi connectivity index (χ1n) is 7.99. The third-order valence-corrected chi connectivity index (χ3v) is 3.54. The molecule has 0 radical (unpaired) electrons. The van der Waals surface area contributed by atoms with Gasteiger partial charge in [0.2, 0.25) is 0 Å². The zero-order valence-corrected chi connectivity index (χ0v) is 13.3. The van der Waals surface area contributed by atoms with Gasteiger partial charge in [-0.3, -0.25) is 0 Å². The van der Waals surface area contributed by atoms with Crippen LogP contribution < -0.4 is 14.8 Å². The van der Waals surface area contributed by atoms with E-state index >= 15 is 0 Å². The maximum Gasteiger partial charge on any atom is 0.157 e. The van der Waals surface area contributed by atoms with Gasteiger partial charge in [0, 0.05) is 6.07 Å². The predicted molar refractivity (Wildman–Crippen MR) is 86.2 cm³/mol. The van der Waals surface area contributed by atoms with Gasteiger partial charge in [0.25, 0.3) is 0 Å². The Balaban J connectivity index is 1.44.